The van der Waals surface area contributed by atoms with Gasteiger partial charge in [0.05, 0.1) is 12.2 Å². The van der Waals surface area contributed by atoms with Crippen LogP contribution in [-0.4, -0.2) is 6.17 Å². The second-order valence-electron chi connectivity index (χ2n) is 2.07. The second-order valence-corrected chi connectivity index (χ2v) is 2.07. The number of hydrogen-bond acceptors (Lipinski definition) is 3. The fourth-order valence-electron chi connectivity index (χ4n) is 0.584. The maximum atomic E-state index is 8.12. The fraction of sp³-hybridized carbons (Fsp3) is 0.833. The summed E-state index contributed by atoms with van der Waals surface area (Å²) in [7, 11) is 0. The topological polar surface area (TPSA) is 75.8 Å². The highest BCUT2D eigenvalue weighted by Gasteiger charge is 1.92. The van der Waals surface area contributed by atoms with Crippen LogP contribution in [0.1, 0.15) is 25.7 Å². The number of nitriles is 1. The van der Waals surface area contributed by atoms with Gasteiger partial charge in [0.2, 0.25) is 0 Å². The van der Waals surface area contributed by atoms with Gasteiger partial charge >= 0.3 is 0 Å². The Kier molecular flexibility index (Phi) is 5.18. The third kappa shape index (κ3) is 7.41. The van der Waals surface area contributed by atoms with Crippen molar-refractivity contribution < 1.29 is 0 Å². The molecule has 0 spiro atoms. The van der Waals surface area contributed by atoms with Gasteiger partial charge in [0, 0.05) is 6.42 Å². The molecule has 52 valence electrons. The third-order valence-corrected chi connectivity index (χ3v) is 1.08. The number of rotatable bonds is 4. The predicted octanol–water partition coefficient (Wildman–Crippen LogP) is 0.314. The summed E-state index contributed by atoms with van der Waals surface area (Å²) >= 11 is 0. The van der Waals surface area contributed by atoms with Crippen LogP contribution in [0.5, 0.6) is 0 Å². The summed E-state index contributed by atoms with van der Waals surface area (Å²) in [5.74, 6) is 0. The van der Waals surface area contributed by atoms with Gasteiger partial charge in [-0.1, -0.05) is 0 Å². The molecule has 0 atom stereocenters. The molecule has 0 saturated carbocycles. The minimum absolute atomic E-state index is 0.205. The first-order valence-corrected chi connectivity index (χ1v) is 3.15. The van der Waals surface area contributed by atoms with Gasteiger partial charge < -0.3 is 11.5 Å². The lowest BCUT2D eigenvalue weighted by atomic mass is 10.2. The molecule has 4 N–H and O–H groups in total. The molecule has 0 unspecified atom stereocenters. The molecule has 0 aromatic rings. The van der Waals surface area contributed by atoms with E-state index in [2.05, 4.69) is 6.07 Å². The van der Waals surface area contributed by atoms with Crippen LogP contribution in [0, 0.1) is 11.3 Å². The van der Waals surface area contributed by atoms with Crippen LogP contribution in [0.3, 0.4) is 0 Å². The Morgan fingerprint density at radius 2 is 2.00 bits per heavy atom. The van der Waals surface area contributed by atoms with Gasteiger partial charge in [-0.3, -0.25) is 0 Å². The van der Waals surface area contributed by atoms with E-state index in [1.807, 2.05) is 0 Å². The molecule has 3 nitrogen and oxygen atoms in total. The van der Waals surface area contributed by atoms with Crippen molar-refractivity contribution in [3.05, 3.63) is 0 Å². The molecule has 3 heteroatoms. The van der Waals surface area contributed by atoms with Crippen molar-refractivity contribution >= 4 is 0 Å². The molecule has 0 rings (SSSR count). The van der Waals surface area contributed by atoms with E-state index < -0.39 is 0 Å². The molecule has 0 bridgehead atoms. The highest BCUT2D eigenvalue weighted by molar-refractivity contribution is 4.68. The van der Waals surface area contributed by atoms with E-state index in [0.29, 0.717) is 6.42 Å². The van der Waals surface area contributed by atoms with Crippen LogP contribution in [0.4, 0.5) is 0 Å². The quantitative estimate of drug-likeness (QED) is 0.421. The zero-order valence-electron chi connectivity index (χ0n) is 5.51. The average molecular weight is 127 g/mol. The van der Waals surface area contributed by atoms with Crippen molar-refractivity contribution in [1.29, 1.82) is 5.26 Å². The molecule has 0 saturated heterocycles. The Labute approximate surface area is 55.6 Å². The van der Waals surface area contributed by atoms with E-state index in [9.17, 15) is 0 Å². The summed E-state index contributed by atoms with van der Waals surface area (Å²) in [5.41, 5.74) is 10.5. The zero-order chi connectivity index (χ0) is 7.11. The fourth-order valence-corrected chi connectivity index (χ4v) is 0.584. The lowest BCUT2D eigenvalue weighted by Gasteiger charge is -2.01. The normalized spacial score (nSPS) is 9.56. The molecular weight excluding hydrogens is 114 g/mol. The number of nitrogens with two attached hydrogens (primary N) is 2. The molecule has 0 aromatic carbocycles. The van der Waals surface area contributed by atoms with Gasteiger partial charge in [0.15, 0.2) is 0 Å². The van der Waals surface area contributed by atoms with Gasteiger partial charge in [-0.25, -0.2) is 0 Å². The molecule has 9 heavy (non-hydrogen) atoms. The minimum Gasteiger partial charge on any atom is -0.316 e. The Balaban J connectivity index is 2.85. The maximum absolute atomic E-state index is 8.12. The summed E-state index contributed by atoms with van der Waals surface area (Å²) < 4.78 is 0. The van der Waals surface area contributed by atoms with Gasteiger partial charge in [0.1, 0.15) is 0 Å². The monoisotopic (exact) mass is 127 g/mol. The number of unbranched alkanes of at least 4 members (excludes halogenated alkanes) is 2. The molecule has 0 heterocycles. The molecule has 0 aliphatic heterocycles. The molecule has 0 radical (unpaired) electrons. The molecule has 0 fully saturated rings. The number of hydrogen-bond donors (Lipinski definition) is 2. The zero-order valence-corrected chi connectivity index (χ0v) is 5.51. The highest BCUT2D eigenvalue weighted by atomic mass is 14.8. The van der Waals surface area contributed by atoms with Crippen LogP contribution in [0.15, 0.2) is 0 Å². The summed E-state index contributed by atoms with van der Waals surface area (Å²) in [6.45, 7) is 0. The Hall–Kier alpha value is -0.590. The van der Waals surface area contributed by atoms with Crippen molar-refractivity contribution in [2.24, 2.45) is 11.5 Å². The third-order valence-electron chi connectivity index (χ3n) is 1.08. The maximum Gasteiger partial charge on any atom is 0.0621 e. The summed E-state index contributed by atoms with van der Waals surface area (Å²) in [4.78, 5) is 0. The van der Waals surface area contributed by atoms with Crippen LogP contribution in [0.25, 0.3) is 0 Å². The van der Waals surface area contributed by atoms with Crippen LogP contribution >= 0.6 is 0 Å². The molecule has 0 aliphatic carbocycles. The Bertz CT molecular complexity index is 93.0. The number of nitrogens with zero attached hydrogens (tertiary/aromatic N) is 1. The van der Waals surface area contributed by atoms with E-state index >= 15 is 0 Å². The first-order valence-electron chi connectivity index (χ1n) is 3.15. The molecule has 0 aromatic heterocycles. The SMILES string of the molecule is N#CCCCCC(N)N. The summed E-state index contributed by atoms with van der Waals surface area (Å²) in [6, 6.07) is 2.06. The molecule has 0 aliphatic rings. The van der Waals surface area contributed by atoms with Gasteiger partial charge in [-0.15, -0.1) is 0 Å². The Morgan fingerprint density at radius 3 is 2.44 bits per heavy atom. The largest absolute Gasteiger partial charge is 0.316 e. The van der Waals surface area contributed by atoms with Gasteiger partial charge in [0.25, 0.3) is 0 Å². The standard InChI is InChI=1S/C6H13N3/c7-5-3-1-2-4-6(8)9/h6H,1-4,8-9H2. The minimum atomic E-state index is -0.205. The highest BCUT2D eigenvalue weighted by Crippen LogP contribution is 1.97. The van der Waals surface area contributed by atoms with E-state index in [1.165, 1.54) is 0 Å². The van der Waals surface area contributed by atoms with Crippen molar-refractivity contribution in [3.8, 4) is 6.07 Å². The smallest absolute Gasteiger partial charge is 0.0621 e. The van der Waals surface area contributed by atoms with E-state index in [1.54, 1.807) is 0 Å². The summed E-state index contributed by atoms with van der Waals surface area (Å²) in [5, 5.41) is 8.12. The molecule has 0 amide bonds. The van der Waals surface area contributed by atoms with Crippen LogP contribution < -0.4 is 11.5 Å². The van der Waals surface area contributed by atoms with Gasteiger partial charge in [-0.2, -0.15) is 5.26 Å². The van der Waals surface area contributed by atoms with E-state index in [0.717, 1.165) is 19.3 Å². The second kappa shape index (κ2) is 5.54. The van der Waals surface area contributed by atoms with E-state index in [4.69, 9.17) is 16.7 Å². The lowest BCUT2D eigenvalue weighted by molar-refractivity contribution is 0.584. The predicted molar refractivity (Wildman–Crippen MR) is 36.2 cm³/mol. The van der Waals surface area contributed by atoms with Crippen LogP contribution in [0.2, 0.25) is 0 Å². The molecular formula is C6H13N3. The van der Waals surface area contributed by atoms with Gasteiger partial charge in [-0.05, 0) is 19.3 Å². The van der Waals surface area contributed by atoms with Crippen molar-refractivity contribution in [2.45, 2.75) is 31.8 Å². The van der Waals surface area contributed by atoms with E-state index in [-0.39, 0.29) is 6.17 Å². The van der Waals surface area contributed by atoms with Crippen molar-refractivity contribution in [2.75, 3.05) is 0 Å². The first kappa shape index (κ1) is 8.41. The van der Waals surface area contributed by atoms with Crippen LogP contribution in [-0.2, 0) is 0 Å². The van der Waals surface area contributed by atoms with Crippen molar-refractivity contribution in [3.63, 3.8) is 0 Å². The average Bonchev–Trinajstić information content (AvgIpc) is 1.80. The summed E-state index contributed by atoms with van der Waals surface area (Å²) in [6.07, 6.45) is 3.12. The lowest BCUT2D eigenvalue weighted by Crippen LogP contribution is -2.29. The first-order chi connectivity index (χ1) is 4.27. The Morgan fingerprint density at radius 1 is 1.33 bits per heavy atom. The van der Waals surface area contributed by atoms with Crippen molar-refractivity contribution in [1.82, 2.24) is 0 Å².